The second kappa shape index (κ2) is 6.58. The third-order valence-electron chi connectivity index (χ3n) is 5.89. The summed E-state index contributed by atoms with van der Waals surface area (Å²) in [6.07, 6.45) is 5.72. The highest BCUT2D eigenvalue weighted by Crippen LogP contribution is 2.47. The van der Waals surface area contributed by atoms with E-state index in [4.69, 9.17) is 4.42 Å². The fourth-order valence-electron chi connectivity index (χ4n) is 4.33. The first-order valence-electron chi connectivity index (χ1n) is 9.43. The van der Waals surface area contributed by atoms with Gasteiger partial charge in [-0.25, -0.2) is 0 Å². The lowest BCUT2D eigenvalue weighted by Gasteiger charge is -2.27. The zero-order valence-corrected chi connectivity index (χ0v) is 16.1. The molecule has 1 aliphatic carbocycles. The van der Waals surface area contributed by atoms with Crippen LogP contribution in [0.5, 0.6) is 0 Å². The maximum absolute atomic E-state index is 12.3. The van der Waals surface area contributed by atoms with Crippen molar-refractivity contribution < 1.29 is 9.21 Å². The number of carbonyl (C=O) groups is 1. The van der Waals surface area contributed by atoms with E-state index in [1.807, 2.05) is 31.4 Å². The van der Waals surface area contributed by atoms with Crippen LogP contribution in [0.3, 0.4) is 0 Å². The minimum atomic E-state index is 0.0955. The molecule has 0 unspecified atom stereocenters. The highest BCUT2D eigenvalue weighted by molar-refractivity contribution is 5.79. The van der Waals surface area contributed by atoms with Gasteiger partial charge < -0.3 is 9.32 Å². The number of aryl methyl sites for hydroxylation is 1. The molecule has 1 aliphatic heterocycles. The van der Waals surface area contributed by atoms with Gasteiger partial charge in [-0.15, -0.1) is 0 Å². The van der Waals surface area contributed by atoms with Crippen LogP contribution in [0.15, 0.2) is 28.9 Å². The summed E-state index contributed by atoms with van der Waals surface area (Å²) in [4.78, 5) is 16.4. The Hall–Kier alpha value is -2.08. The fourth-order valence-corrected chi connectivity index (χ4v) is 4.33. The van der Waals surface area contributed by atoms with Gasteiger partial charge in [-0.1, -0.05) is 6.92 Å². The van der Waals surface area contributed by atoms with Gasteiger partial charge in [0, 0.05) is 50.7 Å². The van der Waals surface area contributed by atoms with E-state index in [-0.39, 0.29) is 17.9 Å². The minimum Gasteiger partial charge on any atom is -0.464 e. The molecule has 2 aromatic heterocycles. The standard InChI is InChI=1S/C20H28N4O2/c1-13-7-17(13)18-6-5-16(26-18)12-22(2)10-14-8-19(25)24(4)20(14)15-9-21-23(3)11-15/h5-6,9,11,13-14,17,20H,7-8,10,12H2,1-4H3/t13-,14+,17+,20-/m1/s1. The molecular weight excluding hydrogens is 328 g/mol. The Morgan fingerprint density at radius 3 is 2.77 bits per heavy atom. The van der Waals surface area contributed by atoms with Gasteiger partial charge in [0.15, 0.2) is 0 Å². The molecule has 0 N–H and O–H groups in total. The predicted octanol–water partition coefficient (Wildman–Crippen LogP) is 2.79. The maximum atomic E-state index is 12.3. The van der Waals surface area contributed by atoms with Gasteiger partial charge >= 0.3 is 0 Å². The van der Waals surface area contributed by atoms with Gasteiger partial charge in [0.05, 0.1) is 18.8 Å². The van der Waals surface area contributed by atoms with Gasteiger partial charge in [-0.2, -0.15) is 5.10 Å². The van der Waals surface area contributed by atoms with Crippen LogP contribution in [-0.4, -0.2) is 46.1 Å². The average molecular weight is 356 g/mol. The number of nitrogens with zero attached hydrogens (tertiary/aromatic N) is 4. The summed E-state index contributed by atoms with van der Waals surface area (Å²) in [6.45, 7) is 3.89. The van der Waals surface area contributed by atoms with Gasteiger partial charge in [0.25, 0.3) is 0 Å². The molecule has 6 heteroatoms. The van der Waals surface area contributed by atoms with Crippen LogP contribution in [-0.2, 0) is 18.4 Å². The molecule has 2 aromatic rings. The molecule has 1 saturated carbocycles. The SMILES string of the molecule is C[C@@H]1C[C@@H]1c1ccc(CN(C)C[C@@H]2CC(=O)N(C)[C@H]2c2cnn(C)c2)o1. The molecule has 6 nitrogen and oxygen atoms in total. The average Bonchev–Trinajstić information content (AvgIpc) is 2.90. The normalized spacial score (nSPS) is 28.3. The second-order valence-electron chi connectivity index (χ2n) is 8.18. The van der Waals surface area contributed by atoms with Crippen LogP contribution in [0.25, 0.3) is 0 Å². The lowest BCUT2D eigenvalue weighted by Crippen LogP contribution is -2.30. The molecular formula is C20H28N4O2. The molecule has 2 fully saturated rings. The summed E-state index contributed by atoms with van der Waals surface area (Å²) >= 11 is 0. The number of hydrogen-bond donors (Lipinski definition) is 0. The van der Waals surface area contributed by atoms with Gasteiger partial charge in [0.2, 0.25) is 5.91 Å². The van der Waals surface area contributed by atoms with E-state index in [1.54, 1.807) is 4.68 Å². The second-order valence-corrected chi connectivity index (χ2v) is 8.18. The molecule has 1 amide bonds. The zero-order valence-electron chi connectivity index (χ0n) is 16.1. The molecule has 26 heavy (non-hydrogen) atoms. The first kappa shape index (κ1) is 17.3. The quantitative estimate of drug-likeness (QED) is 0.799. The lowest BCUT2D eigenvalue weighted by atomic mass is 9.95. The summed E-state index contributed by atoms with van der Waals surface area (Å²) in [7, 11) is 5.91. The summed E-state index contributed by atoms with van der Waals surface area (Å²) in [6, 6.07) is 4.32. The Kier molecular flexibility index (Phi) is 4.39. The Bertz CT molecular complexity index is 795. The fraction of sp³-hybridized carbons (Fsp3) is 0.600. The van der Waals surface area contributed by atoms with Gasteiger partial charge in [0.1, 0.15) is 11.5 Å². The third-order valence-corrected chi connectivity index (χ3v) is 5.89. The Balaban J connectivity index is 1.41. The topological polar surface area (TPSA) is 54.5 Å². The number of furan rings is 1. The van der Waals surface area contributed by atoms with Gasteiger partial charge in [-0.05, 0) is 31.5 Å². The van der Waals surface area contributed by atoms with E-state index in [0.29, 0.717) is 12.3 Å². The minimum absolute atomic E-state index is 0.0955. The van der Waals surface area contributed by atoms with Crippen LogP contribution < -0.4 is 0 Å². The van der Waals surface area contributed by atoms with Crippen LogP contribution in [0.1, 0.15) is 48.8 Å². The monoisotopic (exact) mass is 356 g/mol. The van der Waals surface area contributed by atoms with Crippen molar-refractivity contribution in [2.45, 2.75) is 38.3 Å². The Morgan fingerprint density at radius 2 is 2.12 bits per heavy atom. The number of carbonyl (C=O) groups excluding carboxylic acids is 1. The first-order valence-corrected chi connectivity index (χ1v) is 9.43. The predicted molar refractivity (Wildman–Crippen MR) is 98.4 cm³/mol. The van der Waals surface area contributed by atoms with Crippen LogP contribution >= 0.6 is 0 Å². The number of hydrogen-bond acceptors (Lipinski definition) is 4. The molecule has 4 atom stereocenters. The largest absolute Gasteiger partial charge is 0.464 e. The van der Waals surface area contributed by atoms with E-state index in [9.17, 15) is 4.79 Å². The molecule has 3 heterocycles. The number of amides is 1. The van der Waals surface area contributed by atoms with Crippen molar-refractivity contribution in [3.8, 4) is 0 Å². The number of aromatic nitrogens is 2. The first-order chi connectivity index (χ1) is 12.4. The highest BCUT2D eigenvalue weighted by atomic mass is 16.3. The van der Waals surface area contributed by atoms with Crippen molar-refractivity contribution >= 4 is 5.91 Å². The van der Waals surface area contributed by atoms with E-state index in [2.05, 4.69) is 36.1 Å². The summed E-state index contributed by atoms with van der Waals surface area (Å²) in [5, 5.41) is 4.28. The van der Waals surface area contributed by atoms with Crippen molar-refractivity contribution in [2.24, 2.45) is 18.9 Å². The van der Waals surface area contributed by atoms with Crippen LogP contribution in [0, 0.1) is 11.8 Å². The third kappa shape index (κ3) is 3.30. The number of rotatable bonds is 6. The van der Waals surface area contributed by atoms with Crippen molar-refractivity contribution in [1.82, 2.24) is 19.6 Å². The Labute approximate surface area is 154 Å². The lowest BCUT2D eigenvalue weighted by molar-refractivity contribution is -0.127. The van der Waals surface area contributed by atoms with Gasteiger partial charge in [-0.3, -0.25) is 14.4 Å². The zero-order chi connectivity index (χ0) is 18.4. The van der Waals surface area contributed by atoms with Crippen molar-refractivity contribution in [2.75, 3.05) is 20.6 Å². The molecule has 1 saturated heterocycles. The van der Waals surface area contributed by atoms with E-state index in [1.165, 1.54) is 6.42 Å². The highest BCUT2D eigenvalue weighted by Gasteiger charge is 2.40. The maximum Gasteiger partial charge on any atom is 0.223 e. The van der Waals surface area contributed by atoms with Crippen LogP contribution in [0.4, 0.5) is 0 Å². The molecule has 4 rings (SSSR count). The molecule has 2 aliphatic rings. The summed E-state index contributed by atoms with van der Waals surface area (Å²) in [5.74, 6) is 3.99. The molecule has 140 valence electrons. The number of likely N-dealkylation sites (tertiary alicyclic amines) is 1. The van der Waals surface area contributed by atoms with Crippen molar-refractivity contribution in [3.63, 3.8) is 0 Å². The van der Waals surface area contributed by atoms with Crippen molar-refractivity contribution in [3.05, 3.63) is 41.6 Å². The molecule has 0 spiro atoms. The van der Waals surface area contributed by atoms with E-state index >= 15 is 0 Å². The van der Waals surface area contributed by atoms with E-state index < -0.39 is 0 Å². The molecule has 0 bridgehead atoms. The smallest absolute Gasteiger partial charge is 0.223 e. The molecule has 0 aromatic carbocycles. The van der Waals surface area contributed by atoms with E-state index in [0.717, 1.165) is 36.1 Å². The summed E-state index contributed by atoms with van der Waals surface area (Å²) < 4.78 is 7.84. The van der Waals surface area contributed by atoms with Crippen molar-refractivity contribution in [1.29, 1.82) is 0 Å². The summed E-state index contributed by atoms with van der Waals surface area (Å²) in [5.41, 5.74) is 1.11. The molecule has 0 radical (unpaired) electrons. The van der Waals surface area contributed by atoms with Crippen LogP contribution in [0.2, 0.25) is 0 Å². The Morgan fingerprint density at radius 1 is 1.35 bits per heavy atom.